The zero-order valence-electron chi connectivity index (χ0n) is 10.7. The molecule has 2 fully saturated rings. The summed E-state index contributed by atoms with van der Waals surface area (Å²) in [7, 11) is 0. The Morgan fingerprint density at radius 2 is 2.25 bits per heavy atom. The van der Waals surface area contributed by atoms with Gasteiger partial charge in [0.15, 0.2) is 0 Å². The highest BCUT2D eigenvalue weighted by Gasteiger charge is 2.38. The third-order valence-electron chi connectivity index (χ3n) is 4.28. The van der Waals surface area contributed by atoms with Gasteiger partial charge in [-0.1, -0.05) is 13.3 Å². The molecule has 2 N–H and O–H groups in total. The summed E-state index contributed by atoms with van der Waals surface area (Å²) in [5.74, 6) is 0. The summed E-state index contributed by atoms with van der Waals surface area (Å²) in [5, 5.41) is 0. The fourth-order valence-corrected chi connectivity index (χ4v) is 3.19. The van der Waals surface area contributed by atoms with Crippen LogP contribution in [0.1, 0.15) is 39.5 Å². The van der Waals surface area contributed by atoms with E-state index < -0.39 is 0 Å². The Hall–Kier alpha value is -0.120. The van der Waals surface area contributed by atoms with Gasteiger partial charge < -0.3 is 15.4 Å². The molecule has 3 nitrogen and oxygen atoms in total. The number of nitrogens with zero attached hydrogens (tertiary/aromatic N) is 1. The summed E-state index contributed by atoms with van der Waals surface area (Å²) in [6.45, 7) is 8.85. The van der Waals surface area contributed by atoms with Crippen molar-refractivity contribution in [2.45, 2.75) is 51.7 Å². The average molecular weight is 226 g/mol. The van der Waals surface area contributed by atoms with Crippen LogP contribution in [-0.4, -0.2) is 43.3 Å². The van der Waals surface area contributed by atoms with Crippen LogP contribution in [0.25, 0.3) is 0 Å². The Labute approximate surface area is 99.3 Å². The maximum Gasteiger partial charge on any atom is 0.0673 e. The highest BCUT2D eigenvalue weighted by atomic mass is 16.5. The fraction of sp³-hybridized carbons (Fsp3) is 1.00. The second-order valence-corrected chi connectivity index (χ2v) is 5.92. The number of rotatable bonds is 2. The van der Waals surface area contributed by atoms with Crippen molar-refractivity contribution in [2.75, 3.05) is 26.2 Å². The van der Waals surface area contributed by atoms with Gasteiger partial charge in [-0.25, -0.2) is 0 Å². The minimum atomic E-state index is 0.337. The molecule has 1 aliphatic heterocycles. The molecule has 3 unspecified atom stereocenters. The van der Waals surface area contributed by atoms with E-state index >= 15 is 0 Å². The number of ether oxygens (including phenoxy) is 1. The molecule has 94 valence electrons. The van der Waals surface area contributed by atoms with Crippen molar-refractivity contribution in [3.8, 4) is 0 Å². The minimum Gasteiger partial charge on any atom is -0.377 e. The normalized spacial score (nSPS) is 42.2. The first-order valence-electron chi connectivity index (χ1n) is 6.70. The first kappa shape index (κ1) is 12.3. The molecule has 1 saturated heterocycles. The van der Waals surface area contributed by atoms with Gasteiger partial charge in [0.2, 0.25) is 0 Å². The second-order valence-electron chi connectivity index (χ2n) is 5.92. The molecule has 0 spiro atoms. The van der Waals surface area contributed by atoms with Crippen molar-refractivity contribution in [3.05, 3.63) is 0 Å². The van der Waals surface area contributed by atoms with Gasteiger partial charge in [-0.05, 0) is 31.6 Å². The van der Waals surface area contributed by atoms with Gasteiger partial charge in [0, 0.05) is 32.3 Å². The molecule has 1 aliphatic carbocycles. The van der Waals surface area contributed by atoms with E-state index in [0.717, 1.165) is 26.1 Å². The van der Waals surface area contributed by atoms with Gasteiger partial charge in [0.05, 0.1) is 6.10 Å². The van der Waals surface area contributed by atoms with Crippen molar-refractivity contribution >= 4 is 0 Å². The van der Waals surface area contributed by atoms with Crippen LogP contribution >= 0.6 is 0 Å². The molecule has 0 bridgehead atoms. The molecule has 0 aromatic heterocycles. The predicted octanol–water partition coefficient (Wildman–Crippen LogP) is 1.61. The molecule has 0 radical (unpaired) electrons. The molecule has 2 rings (SSSR count). The van der Waals surface area contributed by atoms with Crippen molar-refractivity contribution in [2.24, 2.45) is 11.1 Å². The van der Waals surface area contributed by atoms with Gasteiger partial charge >= 0.3 is 0 Å². The van der Waals surface area contributed by atoms with Crippen LogP contribution in [0.2, 0.25) is 0 Å². The third-order valence-corrected chi connectivity index (χ3v) is 4.28. The van der Waals surface area contributed by atoms with Crippen LogP contribution in [-0.2, 0) is 4.74 Å². The SMILES string of the molecule is CC1CN(CC2(C)CCCC2N)CCCO1. The highest BCUT2D eigenvalue weighted by molar-refractivity contribution is 4.93. The predicted molar refractivity (Wildman–Crippen MR) is 66.4 cm³/mol. The van der Waals surface area contributed by atoms with E-state index in [9.17, 15) is 0 Å². The van der Waals surface area contributed by atoms with Crippen molar-refractivity contribution in [1.29, 1.82) is 0 Å². The van der Waals surface area contributed by atoms with Crippen LogP contribution in [0.15, 0.2) is 0 Å². The average Bonchev–Trinajstić information content (AvgIpc) is 2.44. The maximum absolute atomic E-state index is 6.25. The Morgan fingerprint density at radius 3 is 2.94 bits per heavy atom. The van der Waals surface area contributed by atoms with Crippen molar-refractivity contribution < 1.29 is 4.74 Å². The van der Waals surface area contributed by atoms with Gasteiger partial charge in [0.1, 0.15) is 0 Å². The summed E-state index contributed by atoms with van der Waals surface area (Å²) in [4.78, 5) is 2.56. The lowest BCUT2D eigenvalue weighted by Crippen LogP contribution is -2.45. The number of nitrogens with two attached hydrogens (primary N) is 1. The van der Waals surface area contributed by atoms with E-state index in [1.165, 1.54) is 25.8 Å². The smallest absolute Gasteiger partial charge is 0.0673 e. The summed E-state index contributed by atoms with van der Waals surface area (Å²) >= 11 is 0. The third kappa shape index (κ3) is 2.76. The summed E-state index contributed by atoms with van der Waals surface area (Å²) in [6.07, 6.45) is 5.34. The monoisotopic (exact) mass is 226 g/mol. The topological polar surface area (TPSA) is 38.5 Å². The van der Waals surface area contributed by atoms with Gasteiger partial charge in [-0.2, -0.15) is 0 Å². The molecule has 2 aliphatic rings. The Balaban J connectivity index is 1.92. The van der Waals surface area contributed by atoms with E-state index in [-0.39, 0.29) is 0 Å². The molecule has 3 heteroatoms. The fourth-order valence-electron chi connectivity index (χ4n) is 3.19. The Kier molecular flexibility index (Phi) is 3.88. The van der Waals surface area contributed by atoms with Crippen molar-refractivity contribution in [1.82, 2.24) is 4.90 Å². The lowest BCUT2D eigenvalue weighted by Gasteiger charge is -2.35. The minimum absolute atomic E-state index is 0.337. The molecular weight excluding hydrogens is 200 g/mol. The van der Waals surface area contributed by atoms with Crippen LogP contribution in [0.5, 0.6) is 0 Å². The Morgan fingerprint density at radius 1 is 1.44 bits per heavy atom. The lowest BCUT2D eigenvalue weighted by atomic mass is 9.84. The summed E-state index contributed by atoms with van der Waals surface area (Å²) in [5.41, 5.74) is 6.58. The summed E-state index contributed by atoms with van der Waals surface area (Å²) in [6, 6.07) is 0.395. The van der Waals surface area contributed by atoms with E-state index in [2.05, 4.69) is 18.7 Å². The molecule has 16 heavy (non-hydrogen) atoms. The zero-order chi connectivity index (χ0) is 11.6. The Bertz CT molecular complexity index is 234. The molecular formula is C13H26N2O. The molecule has 0 aromatic rings. The standard InChI is InChI=1S/C13H26N2O/c1-11-9-15(7-4-8-16-11)10-13(2)6-3-5-12(13)14/h11-12H,3-10,14H2,1-2H3. The van der Waals surface area contributed by atoms with Gasteiger partial charge in [-0.15, -0.1) is 0 Å². The van der Waals surface area contributed by atoms with Crippen LogP contribution in [0.4, 0.5) is 0 Å². The van der Waals surface area contributed by atoms with Gasteiger partial charge in [0.25, 0.3) is 0 Å². The molecule has 1 heterocycles. The van der Waals surface area contributed by atoms with Gasteiger partial charge in [-0.3, -0.25) is 0 Å². The summed E-state index contributed by atoms with van der Waals surface area (Å²) < 4.78 is 5.68. The number of hydrogen-bond acceptors (Lipinski definition) is 3. The van der Waals surface area contributed by atoms with E-state index in [0.29, 0.717) is 17.6 Å². The van der Waals surface area contributed by atoms with E-state index in [1.807, 2.05) is 0 Å². The first-order chi connectivity index (χ1) is 7.60. The quantitative estimate of drug-likeness (QED) is 0.777. The highest BCUT2D eigenvalue weighted by Crippen LogP contribution is 2.37. The first-order valence-corrected chi connectivity index (χ1v) is 6.70. The molecule has 1 saturated carbocycles. The van der Waals surface area contributed by atoms with Crippen LogP contribution in [0.3, 0.4) is 0 Å². The van der Waals surface area contributed by atoms with Crippen LogP contribution < -0.4 is 5.73 Å². The second kappa shape index (κ2) is 5.03. The zero-order valence-corrected chi connectivity index (χ0v) is 10.7. The maximum atomic E-state index is 6.25. The molecule has 3 atom stereocenters. The van der Waals surface area contributed by atoms with Crippen molar-refractivity contribution in [3.63, 3.8) is 0 Å². The lowest BCUT2D eigenvalue weighted by molar-refractivity contribution is 0.0594. The largest absolute Gasteiger partial charge is 0.377 e. The van der Waals surface area contributed by atoms with E-state index in [4.69, 9.17) is 10.5 Å². The molecule has 0 amide bonds. The molecule has 0 aromatic carbocycles. The van der Waals surface area contributed by atoms with Crippen LogP contribution in [0, 0.1) is 5.41 Å². The van der Waals surface area contributed by atoms with E-state index in [1.54, 1.807) is 0 Å². The number of hydrogen-bond donors (Lipinski definition) is 1.